The highest BCUT2D eigenvalue weighted by Gasteiger charge is 2.13. The molecule has 1 N–H and O–H groups in total. The van der Waals surface area contributed by atoms with Crippen LogP contribution < -0.4 is 4.74 Å². The summed E-state index contributed by atoms with van der Waals surface area (Å²) in [5, 5.41) is 12.8. The maximum absolute atomic E-state index is 11.1. The zero-order valence-corrected chi connectivity index (χ0v) is 10.7. The highest BCUT2D eigenvalue weighted by molar-refractivity contribution is 5.91. The molecule has 1 aromatic carbocycles. The molecule has 0 aliphatic heterocycles. The van der Waals surface area contributed by atoms with Gasteiger partial charge in [-0.2, -0.15) is 4.98 Å². The Morgan fingerprint density at radius 3 is 2.89 bits per heavy atom. The molecule has 0 unspecified atom stereocenters. The van der Waals surface area contributed by atoms with Gasteiger partial charge >= 0.3 is 5.97 Å². The van der Waals surface area contributed by atoms with E-state index in [-0.39, 0.29) is 17.9 Å². The molecule has 6 heteroatoms. The summed E-state index contributed by atoms with van der Waals surface area (Å²) in [5.41, 5.74) is 0.978. The Hall–Kier alpha value is -2.37. The minimum absolute atomic E-state index is 0.0519. The fourth-order valence-electron chi connectivity index (χ4n) is 1.57. The van der Waals surface area contributed by atoms with E-state index in [9.17, 15) is 4.79 Å². The number of carbonyl (C=O) groups is 1. The third-order valence-corrected chi connectivity index (χ3v) is 2.54. The Labute approximate surface area is 110 Å². The number of nitrogens with zero attached hydrogens (tertiary/aromatic N) is 2. The summed E-state index contributed by atoms with van der Waals surface area (Å²) in [4.78, 5) is 15.2. The maximum atomic E-state index is 11.1. The standard InChI is InChI=1S/C13H14N2O4/c1-3-11-14-12(19-15-11)7-18-10-5-4-8(2)6-9(10)13(16)17/h4-6H,3,7H2,1-2H3,(H,16,17). The number of benzene rings is 1. The lowest BCUT2D eigenvalue weighted by Crippen LogP contribution is -2.04. The zero-order valence-electron chi connectivity index (χ0n) is 10.7. The van der Waals surface area contributed by atoms with Crippen molar-refractivity contribution in [2.75, 3.05) is 0 Å². The second-order valence-electron chi connectivity index (χ2n) is 4.05. The summed E-state index contributed by atoms with van der Waals surface area (Å²) in [6, 6.07) is 4.96. The lowest BCUT2D eigenvalue weighted by Gasteiger charge is -2.07. The van der Waals surface area contributed by atoms with Crippen LogP contribution in [0.3, 0.4) is 0 Å². The summed E-state index contributed by atoms with van der Waals surface area (Å²) in [7, 11) is 0. The second kappa shape index (κ2) is 5.51. The molecule has 0 fully saturated rings. The van der Waals surface area contributed by atoms with E-state index in [2.05, 4.69) is 10.1 Å². The predicted molar refractivity (Wildman–Crippen MR) is 66.1 cm³/mol. The number of aromatic nitrogens is 2. The molecule has 19 heavy (non-hydrogen) atoms. The number of carboxylic acids is 1. The lowest BCUT2D eigenvalue weighted by atomic mass is 10.1. The molecule has 0 atom stereocenters. The Morgan fingerprint density at radius 2 is 2.26 bits per heavy atom. The van der Waals surface area contributed by atoms with E-state index in [1.54, 1.807) is 18.2 Å². The molecule has 2 aromatic rings. The topological polar surface area (TPSA) is 85.5 Å². The summed E-state index contributed by atoms with van der Waals surface area (Å²) >= 11 is 0. The van der Waals surface area contributed by atoms with Crippen molar-refractivity contribution in [1.29, 1.82) is 0 Å². The number of carboxylic acid groups (broad SMARTS) is 1. The van der Waals surface area contributed by atoms with E-state index in [1.807, 2.05) is 13.8 Å². The second-order valence-corrected chi connectivity index (χ2v) is 4.05. The van der Waals surface area contributed by atoms with Crippen molar-refractivity contribution in [2.24, 2.45) is 0 Å². The molecule has 1 heterocycles. The first kappa shape index (κ1) is 13.1. The summed E-state index contributed by atoms with van der Waals surface area (Å²) < 4.78 is 10.4. The number of ether oxygens (including phenoxy) is 1. The van der Waals surface area contributed by atoms with Crippen molar-refractivity contribution >= 4 is 5.97 Å². The summed E-state index contributed by atoms with van der Waals surface area (Å²) in [6.45, 7) is 3.79. The van der Waals surface area contributed by atoms with Gasteiger partial charge in [-0.1, -0.05) is 23.7 Å². The van der Waals surface area contributed by atoms with Crippen molar-refractivity contribution in [1.82, 2.24) is 10.1 Å². The van der Waals surface area contributed by atoms with E-state index < -0.39 is 5.97 Å². The Kier molecular flexibility index (Phi) is 3.79. The Balaban J connectivity index is 2.12. The van der Waals surface area contributed by atoms with Crippen LogP contribution in [0.25, 0.3) is 0 Å². The lowest BCUT2D eigenvalue weighted by molar-refractivity contribution is 0.0691. The molecule has 0 spiro atoms. The first-order valence-corrected chi connectivity index (χ1v) is 5.88. The molecule has 1 aromatic heterocycles. The fourth-order valence-corrected chi connectivity index (χ4v) is 1.57. The smallest absolute Gasteiger partial charge is 0.339 e. The molecule has 0 saturated carbocycles. The SMILES string of the molecule is CCc1noc(COc2ccc(C)cc2C(=O)O)n1. The molecule has 0 saturated heterocycles. The van der Waals surface area contributed by atoms with Gasteiger partial charge in [-0.15, -0.1) is 0 Å². The van der Waals surface area contributed by atoms with Crippen LogP contribution in [0, 0.1) is 6.92 Å². The van der Waals surface area contributed by atoms with Gasteiger partial charge in [-0.05, 0) is 19.1 Å². The minimum atomic E-state index is -1.03. The number of hydrogen-bond acceptors (Lipinski definition) is 5. The molecule has 0 aliphatic carbocycles. The van der Waals surface area contributed by atoms with E-state index in [4.69, 9.17) is 14.4 Å². The molecule has 0 amide bonds. The highest BCUT2D eigenvalue weighted by atomic mass is 16.5. The maximum Gasteiger partial charge on any atom is 0.339 e. The van der Waals surface area contributed by atoms with Gasteiger partial charge in [0.05, 0.1) is 0 Å². The van der Waals surface area contributed by atoms with E-state index in [0.29, 0.717) is 18.1 Å². The monoisotopic (exact) mass is 262 g/mol. The van der Waals surface area contributed by atoms with Gasteiger partial charge in [-0.3, -0.25) is 0 Å². The van der Waals surface area contributed by atoms with E-state index in [1.165, 1.54) is 0 Å². The van der Waals surface area contributed by atoms with Crippen molar-refractivity contribution in [3.63, 3.8) is 0 Å². The molecule has 100 valence electrons. The van der Waals surface area contributed by atoms with Crippen LogP contribution in [-0.2, 0) is 13.0 Å². The van der Waals surface area contributed by atoms with Crippen LogP contribution in [0.15, 0.2) is 22.7 Å². The molecular formula is C13H14N2O4. The number of aromatic carboxylic acids is 1. The van der Waals surface area contributed by atoms with Crippen LogP contribution in [-0.4, -0.2) is 21.2 Å². The zero-order chi connectivity index (χ0) is 13.8. The first-order valence-electron chi connectivity index (χ1n) is 5.88. The fraction of sp³-hybridized carbons (Fsp3) is 0.308. The predicted octanol–water partition coefficient (Wildman–Crippen LogP) is 2.22. The van der Waals surface area contributed by atoms with Crippen molar-refractivity contribution in [2.45, 2.75) is 26.9 Å². The molecule has 0 radical (unpaired) electrons. The summed E-state index contributed by atoms with van der Waals surface area (Å²) in [6.07, 6.45) is 0.675. The van der Waals surface area contributed by atoms with Gasteiger partial charge in [0.25, 0.3) is 5.89 Å². The number of rotatable bonds is 5. The van der Waals surface area contributed by atoms with E-state index in [0.717, 1.165) is 5.56 Å². The normalized spacial score (nSPS) is 10.4. The molecule has 6 nitrogen and oxygen atoms in total. The average molecular weight is 262 g/mol. The largest absolute Gasteiger partial charge is 0.483 e. The molecular weight excluding hydrogens is 248 g/mol. The minimum Gasteiger partial charge on any atom is -0.483 e. The van der Waals surface area contributed by atoms with Gasteiger partial charge in [-0.25, -0.2) is 4.79 Å². The van der Waals surface area contributed by atoms with Gasteiger partial charge < -0.3 is 14.4 Å². The van der Waals surface area contributed by atoms with Crippen LogP contribution >= 0.6 is 0 Å². The highest BCUT2D eigenvalue weighted by Crippen LogP contribution is 2.21. The number of aryl methyl sites for hydroxylation is 2. The van der Waals surface area contributed by atoms with Crippen LogP contribution in [0.4, 0.5) is 0 Å². The van der Waals surface area contributed by atoms with Crippen LogP contribution in [0.1, 0.15) is 34.6 Å². The molecule has 0 bridgehead atoms. The van der Waals surface area contributed by atoms with Gasteiger partial charge in [0.1, 0.15) is 11.3 Å². The Bertz CT molecular complexity index is 592. The Morgan fingerprint density at radius 1 is 1.47 bits per heavy atom. The summed E-state index contributed by atoms with van der Waals surface area (Å²) in [5.74, 6) is 0.183. The van der Waals surface area contributed by atoms with Crippen molar-refractivity contribution < 1.29 is 19.2 Å². The van der Waals surface area contributed by atoms with Crippen molar-refractivity contribution in [3.8, 4) is 5.75 Å². The van der Waals surface area contributed by atoms with Crippen LogP contribution in [0.2, 0.25) is 0 Å². The average Bonchev–Trinajstić information content (AvgIpc) is 2.85. The molecule has 0 aliphatic rings. The molecule has 2 rings (SSSR count). The van der Waals surface area contributed by atoms with E-state index >= 15 is 0 Å². The third-order valence-electron chi connectivity index (χ3n) is 2.54. The number of hydrogen-bond donors (Lipinski definition) is 1. The third kappa shape index (κ3) is 3.09. The van der Waals surface area contributed by atoms with Crippen molar-refractivity contribution in [3.05, 3.63) is 41.0 Å². The van der Waals surface area contributed by atoms with Gasteiger partial charge in [0.15, 0.2) is 12.4 Å². The van der Waals surface area contributed by atoms with Gasteiger partial charge in [0, 0.05) is 6.42 Å². The van der Waals surface area contributed by atoms with Gasteiger partial charge in [0.2, 0.25) is 0 Å². The van der Waals surface area contributed by atoms with Crippen LogP contribution in [0.5, 0.6) is 5.75 Å². The quantitative estimate of drug-likeness (QED) is 0.889. The first-order chi connectivity index (χ1) is 9.10.